The zero-order valence-corrected chi connectivity index (χ0v) is 22.8. The number of nitrogens with zero attached hydrogens (tertiary/aromatic N) is 2. The van der Waals surface area contributed by atoms with E-state index in [9.17, 15) is 18.0 Å². The van der Waals surface area contributed by atoms with Crippen LogP contribution in [0.2, 0.25) is 5.02 Å². The highest BCUT2D eigenvalue weighted by Gasteiger charge is 2.33. The van der Waals surface area contributed by atoms with Crippen LogP contribution in [0, 0.1) is 6.92 Å². The zero-order valence-electron chi connectivity index (χ0n) is 21.2. The van der Waals surface area contributed by atoms with E-state index in [-0.39, 0.29) is 17.3 Å². The molecule has 0 aliphatic rings. The van der Waals surface area contributed by atoms with Gasteiger partial charge in [0.15, 0.2) is 0 Å². The number of benzene rings is 3. The number of nitrogens with one attached hydrogen (secondary N) is 1. The van der Waals surface area contributed by atoms with Crippen LogP contribution in [0.1, 0.15) is 31.4 Å². The lowest BCUT2D eigenvalue weighted by molar-refractivity contribution is -0.140. The number of rotatable bonds is 11. The first-order valence-electron chi connectivity index (χ1n) is 12.1. The van der Waals surface area contributed by atoms with Crippen LogP contribution in [0.15, 0.2) is 83.8 Å². The summed E-state index contributed by atoms with van der Waals surface area (Å²) in [6, 6.07) is 21.3. The Balaban J connectivity index is 2.04. The summed E-state index contributed by atoms with van der Waals surface area (Å²) < 4.78 is 28.6. The Bertz CT molecular complexity index is 1300. The molecule has 3 aromatic carbocycles. The number of halogens is 1. The maximum Gasteiger partial charge on any atom is 0.264 e. The van der Waals surface area contributed by atoms with Crippen molar-refractivity contribution in [3.8, 4) is 0 Å². The van der Waals surface area contributed by atoms with Crippen molar-refractivity contribution in [2.75, 3.05) is 17.4 Å². The minimum atomic E-state index is -4.12. The third-order valence-corrected chi connectivity index (χ3v) is 7.98. The van der Waals surface area contributed by atoms with Crippen LogP contribution in [-0.4, -0.2) is 44.3 Å². The number of anilines is 1. The van der Waals surface area contributed by atoms with Crippen molar-refractivity contribution in [3.05, 3.63) is 95.0 Å². The van der Waals surface area contributed by atoms with E-state index in [1.54, 1.807) is 24.3 Å². The van der Waals surface area contributed by atoms with Gasteiger partial charge in [-0.05, 0) is 62.2 Å². The van der Waals surface area contributed by atoms with Crippen LogP contribution in [0.3, 0.4) is 0 Å². The SMILES string of the molecule is CCNC(=O)[C@H](CC)N(Cc1ccccc1)C(=O)CN(c1ccc(C)cc1)S(=O)(=O)c1ccc(Cl)cc1. The van der Waals surface area contributed by atoms with Crippen LogP contribution in [0.4, 0.5) is 5.69 Å². The van der Waals surface area contributed by atoms with Crippen LogP contribution in [0.5, 0.6) is 0 Å². The molecule has 0 saturated carbocycles. The number of carbonyl (C=O) groups excluding carboxylic acids is 2. The maximum atomic E-state index is 13.9. The van der Waals surface area contributed by atoms with Gasteiger partial charge in [0, 0.05) is 18.1 Å². The average molecular weight is 542 g/mol. The molecule has 0 saturated heterocycles. The highest BCUT2D eigenvalue weighted by molar-refractivity contribution is 7.92. The van der Waals surface area contributed by atoms with Crippen molar-refractivity contribution in [1.29, 1.82) is 0 Å². The molecule has 0 heterocycles. The van der Waals surface area contributed by atoms with Crippen molar-refractivity contribution < 1.29 is 18.0 Å². The summed E-state index contributed by atoms with van der Waals surface area (Å²) in [6.07, 6.45) is 0.374. The summed E-state index contributed by atoms with van der Waals surface area (Å²) in [5.74, 6) is -0.767. The minimum Gasteiger partial charge on any atom is -0.355 e. The molecule has 3 aromatic rings. The Morgan fingerprint density at radius 2 is 1.54 bits per heavy atom. The molecule has 0 fully saturated rings. The van der Waals surface area contributed by atoms with Crippen LogP contribution >= 0.6 is 11.6 Å². The first-order valence-corrected chi connectivity index (χ1v) is 13.9. The van der Waals surface area contributed by atoms with Gasteiger partial charge in [-0.2, -0.15) is 0 Å². The van der Waals surface area contributed by atoms with E-state index in [0.29, 0.717) is 23.7 Å². The predicted molar refractivity (Wildman–Crippen MR) is 147 cm³/mol. The fourth-order valence-corrected chi connectivity index (χ4v) is 5.51. The molecule has 0 aromatic heterocycles. The number of hydrogen-bond donors (Lipinski definition) is 1. The third-order valence-electron chi connectivity index (χ3n) is 5.94. The lowest BCUT2D eigenvalue weighted by Gasteiger charge is -2.33. The summed E-state index contributed by atoms with van der Waals surface area (Å²) in [6.45, 7) is 5.64. The largest absolute Gasteiger partial charge is 0.355 e. The highest BCUT2D eigenvalue weighted by Crippen LogP contribution is 2.26. The summed E-state index contributed by atoms with van der Waals surface area (Å²) in [4.78, 5) is 28.2. The molecule has 0 unspecified atom stereocenters. The first-order chi connectivity index (χ1) is 17.7. The molecule has 7 nitrogen and oxygen atoms in total. The van der Waals surface area contributed by atoms with Crippen LogP contribution in [-0.2, 0) is 26.2 Å². The molecular formula is C28H32ClN3O4S. The number of carbonyl (C=O) groups is 2. The Morgan fingerprint density at radius 1 is 0.919 bits per heavy atom. The van der Waals surface area contributed by atoms with Gasteiger partial charge < -0.3 is 10.2 Å². The van der Waals surface area contributed by atoms with Crippen molar-refractivity contribution in [1.82, 2.24) is 10.2 Å². The molecule has 1 atom stereocenters. The van der Waals surface area contributed by atoms with E-state index >= 15 is 0 Å². The Kier molecular flexibility index (Phi) is 9.72. The standard InChI is InChI=1S/C28H32ClN3O4S/c1-4-26(28(34)30-5-2)31(19-22-9-7-6-8-10-22)27(33)20-32(24-15-11-21(3)12-16-24)37(35,36)25-17-13-23(29)14-18-25/h6-18,26H,4-5,19-20H2,1-3H3,(H,30,34)/t26-/m0/s1. The lowest BCUT2D eigenvalue weighted by Crippen LogP contribution is -2.52. The van der Waals surface area contributed by atoms with Gasteiger partial charge in [-0.3, -0.25) is 13.9 Å². The second-order valence-electron chi connectivity index (χ2n) is 8.63. The summed E-state index contributed by atoms with van der Waals surface area (Å²) in [5.41, 5.74) is 2.13. The van der Waals surface area contributed by atoms with E-state index in [0.717, 1.165) is 15.4 Å². The quantitative estimate of drug-likeness (QED) is 0.378. The Labute approximate surface area is 224 Å². The van der Waals surface area contributed by atoms with E-state index in [2.05, 4.69) is 5.32 Å². The number of hydrogen-bond acceptors (Lipinski definition) is 4. The van der Waals surface area contributed by atoms with Crippen molar-refractivity contribution in [2.24, 2.45) is 0 Å². The molecule has 0 bridgehead atoms. The monoisotopic (exact) mass is 541 g/mol. The molecule has 0 spiro atoms. The number of aryl methyl sites for hydroxylation is 1. The van der Waals surface area contributed by atoms with Gasteiger partial charge in [0.05, 0.1) is 10.6 Å². The molecule has 9 heteroatoms. The van der Waals surface area contributed by atoms with Crippen molar-refractivity contribution >= 4 is 39.1 Å². The number of sulfonamides is 1. The van der Waals surface area contributed by atoms with E-state index in [4.69, 9.17) is 11.6 Å². The summed E-state index contributed by atoms with van der Waals surface area (Å²) in [5, 5.41) is 3.19. The smallest absolute Gasteiger partial charge is 0.264 e. The normalized spacial score (nSPS) is 12.0. The molecule has 196 valence electrons. The first kappa shape index (κ1) is 28.2. The van der Waals surface area contributed by atoms with E-state index in [1.165, 1.54) is 29.2 Å². The van der Waals surface area contributed by atoms with Crippen molar-refractivity contribution in [3.63, 3.8) is 0 Å². The maximum absolute atomic E-state index is 13.9. The van der Waals surface area contributed by atoms with E-state index < -0.39 is 28.5 Å². The molecule has 2 amide bonds. The van der Waals surface area contributed by atoms with Gasteiger partial charge in [0.25, 0.3) is 10.0 Å². The Morgan fingerprint density at radius 3 is 2.11 bits per heavy atom. The third kappa shape index (κ3) is 7.11. The number of amides is 2. The predicted octanol–water partition coefficient (Wildman–Crippen LogP) is 4.79. The Hall–Kier alpha value is -3.36. The zero-order chi connectivity index (χ0) is 27.0. The average Bonchev–Trinajstić information content (AvgIpc) is 2.88. The molecule has 37 heavy (non-hydrogen) atoms. The molecule has 3 rings (SSSR count). The molecule has 1 N–H and O–H groups in total. The minimum absolute atomic E-state index is 0.00986. The van der Waals surface area contributed by atoms with Crippen LogP contribution < -0.4 is 9.62 Å². The summed E-state index contributed by atoms with van der Waals surface area (Å²) in [7, 11) is -4.12. The van der Waals surface area contributed by atoms with Gasteiger partial charge in [-0.25, -0.2) is 8.42 Å². The molecule has 0 aliphatic heterocycles. The number of likely N-dealkylation sites (N-methyl/N-ethyl adjacent to an activating group) is 1. The fourth-order valence-electron chi connectivity index (χ4n) is 3.97. The van der Waals surface area contributed by atoms with Gasteiger partial charge in [-0.15, -0.1) is 0 Å². The topological polar surface area (TPSA) is 86.8 Å². The molecule has 0 radical (unpaired) electrons. The van der Waals surface area contributed by atoms with Gasteiger partial charge in [-0.1, -0.05) is 66.6 Å². The fraction of sp³-hybridized carbons (Fsp3) is 0.286. The molecule has 0 aliphatic carbocycles. The van der Waals surface area contributed by atoms with Crippen molar-refractivity contribution in [2.45, 2.75) is 44.7 Å². The highest BCUT2D eigenvalue weighted by atomic mass is 35.5. The van der Waals surface area contributed by atoms with Gasteiger partial charge in [0.2, 0.25) is 11.8 Å². The van der Waals surface area contributed by atoms with Gasteiger partial charge in [0.1, 0.15) is 12.6 Å². The van der Waals surface area contributed by atoms with E-state index in [1.807, 2.05) is 51.1 Å². The van der Waals surface area contributed by atoms with Crippen LogP contribution in [0.25, 0.3) is 0 Å². The molecular weight excluding hydrogens is 510 g/mol. The van der Waals surface area contributed by atoms with Gasteiger partial charge >= 0.3 is 0 Å². The second kappa shape index (κ2) is 12.7. The lowest BCUT2D eigenvalue weighted by atomic mass is 10.1. The summed E-state index contributed by atoms with van der Waals surface area (Å²) >= 11 is 5.98. The second-order valence-corrected chi connectivity index (χ2v) is 10.9.